The SMILES string of the molecule is O=C(O)c1coc(CNc2ccc3c(c2)C(=O)NC3=O)c1. The summed E-state index contributed by atoms with van der Waals surface area (Å²) in [5, 5.41) is 14.0. The zero-order valence-corrected chi connectivity index (χ0v) is 10.7. The van der Waals surface area contributed by atoms with E-state index in [0.717, 1.165) is 6.26 Å². The molecule has 3 rings (SSSR count). The largest absolute Gasteiger partial charge is 0.478 e. The molecule has 1 aromatic heterocycles. The van der Waals surface area contributed by atoms with Crippen LogP contribution < -0.4 is 10.6 Å². The quantitative estimate of drug-likeness (QED) is 0.734. The Bertz CT molecular complexity index is 762. The number of carboxylic acids is 1. The van der Waals surface area contributed by atoms with Crippen molar-refractivity contribution in [3.63, 3.8) is 0 Å². The molecule has 106 valence electrons. The number of imide groups is 1. The van der Waals surface area contributed by atoms with E-state index in [0.29, 0.717) is 22.6 Å². The zero-order chi connectivity index (χ0) is 15.0. The van der Waals surface area contributed by atoms with Crippen molar-refractivity contribution in [3.05, 3.63) is 53.0 Å². The van der Waals surface area contributed by atoms with Gasteiger partial charge in [-0.1, -0.05) is 0 Å². The zero-order valence-electron chi connectivity index (χ0n) is 10.7. The lowest BCUT2D eigenvalue weighted by atomic mass is 10.1. The van der Waals surface area contributed by atoms with Crippen LogP contribution in [0, 0.1) is 0 Å². The van der Waals surface area contributed by atoms with Gasteiger partial charge in [0.1, 0.15) is 12.0 Å². The molecule has 0 saturated carbocycles. The molecule has 0 unspecified atom stereocenters. The number of hydrogen-bond donors (Lipinski definition) is 3. The molecule has 7 nitrogen and oxygen atoms in total. The number of aromatic carboxylic acids is 1. The molecule has 1 aliphatic heterocycles. The maximum absolute atomic E-state index is 11.5. The van der Waals surface area contributed by atoms with Crippen LogP contribution in [0.3, 0.4) is 0 Å². The van der Waals surface area contributed by atoms with Gasteiger partial charge in [-0.25, -0.2) is 4.79 Å². The first kappa shape index (κ1) is 12.9. The van der Waals surface area contributed by atoms with Crippen LogP contribution in [-0.2, 0) is 6.54 Å². The van der Waals surface area contributed by atoms with Gasteiger partial charge in [0, 0.05) is 5.69 Å². The molecule has 2 heterocycles. The van der Waals surface area contributed by atoms with E-state index in [1.807, 2.05) is 0 Å². The van der Waals surface area contributed by atoms with Gasteiger partial charge in [0.05, 0.1) is 23.2 Å². The Balaban J connectivity index is 1.74. The number of anilines is 1. The summed E-state index contributed by atoms with van der Waals surface area (Å²) in [7, 11) is 0. The predicted octanol–water partition coefficient (Wildman–Crippen LogP) is 1.47. The summed E-state index contributed by atoms with van der Waals surface area (Å²) in [6.45, 7) is 0.266. The Morgan fingerprint density at radius 3 is 2.67 bits per heavy atom. The topological polar surface area (TPSA) is 109 Å². The fourth-order valence-electron chi connectivity index (χ4n) is 2.05. The minimum absolute atomic E-state index is 0.0747. The number of benzene rings is 1. The monoisotopic (exact) mass is 286 g/mol. The molecule has 0 bridgehead atoms. The average molecular weight is 286 g/mol. The normalized spacial score (nSPS) is 13.0. The van der Waals surface area contributed by atoms with Crippen molar-refractivity contribution in [1.29, 1.82) is 0 Å². The van der Waals surface area contributed by atoms with Gasteiger partial charge >= 0.3 is 5.97 Å². The van der Waals surface area contributed by atoms with E-state index >= 15 is 0 Å². The molecule has 7 heteroatoms. The second kappa shape index (κ2) is 4.78. The summed E-state index contributed by atoms with van der Waals surface area (Å²) >= 11 is 0. The van der Waals surface area contributed by atoms with Crippen molar-refractivity contribution in [2.75, 3.05) is 5.32 Å². The molecule has 1 aromatic carbocycles. The van der Waals surface area contributed by atoms with Crippen molar-refractivity contribution in [3.8, 4) is 0 Å². The highest BCUT2D eigenvalue weighted by Gasteiger charge is 2.26. The smallest absolute Gasteiger partial charge is 0.338 e. The van der Waals surface area contributed by atoms with Crippen LogP contribution in [0.2, 0.25) is 0 Å². The van der Waals surface area contributed by atoms with E-state index < -0.39 is 17.8 Å². The Morgan fingerprint density at radius 2 is 1.95 bits per heavy atom. The second-order valence-electron chi connectivity index (χ2n) is 4.50. The van der Waals surface area contributed by atoms with E-state index in [4.69, 9.17) is 9.52 Å². The van der Waals surface area contributed by atoms with Crippen molar-refractivity contribution in [2.45, 2.75) is 6.54 Å². The molecule has 2 amide bonds. The maximum Gasteiger partial charge on any atom is 0.338 e. The summed E-state index contributed by atoms with van der Waals surface area (Å²) < 4.78 is 5.10. The molecular weight excluding hydrogens is 276 g/mol. The number of carboxylic acid groups (broad SMARTS) is 1. The predicted molar refractivity (Wildman–Crippen MR) is 71.2 cm³/mol. The highest BCUT2D eigenvalue weighted by molar-refractivity contribution is 6.21. The van der Waals surface area contributed by atoms with E-state index in [-0.39, 0.29) is 12.1 Å². The molecule has 3 N–H and O–H groups in total. The van der Waals surface area contributed by atoms with Crippen LogP contribution >= 0.6 is 0 Å². The van der Waals surface area contributed by atoms with E-state index in [9.17, 15) is 14.4 Å². The van der Waals surface area contributed by atoms with E-state index in [2.05, 4.69) is 10.6 Å². The number of carbonyl (C=O) groups excluding carboxylic acids is 2. The van der Waals surface area contributed by atoms with Gasteiger partial charge in [-0.15, -0.1) is 0 Å². The Kier molecular flexibility index (Phi) is 2.94. The van der Waals surface area contributed by atoms with Gasteiger partial charge in [0.25, 0.3) is 11.8 Å². The third kappa shape index (κ3) is 2.36. The molecule has 1 aliphatic rings. The fourth-order valence-corrected chi connectivity index (χ4v) is 2.05. The van der Waals surface area contributed by atoms with Crippen LogP contribution in [0.5, 0.6) is 0 Å². The third-order valence-electron chi connectivity index (χ3n) is 3.10. The van der Waals surface area contributed by atoms with Crippen molar-refractivity contribution in [2.24, 2.45) is 0 Å². The average Bonchev–Trinajstić information content (AvgIpc) is 3.03. The number of nitrogens with one attached hydrogen (secondary N) is 2. The summed E-state index contributed by atoms with van der Waals surface area (Å²) in [6.07, 6.45) is 1.16. The second-order valence-corrected chi connectivity index (χ2v) is 4.50. The van der Waals surface area contributed by atoms with Gasteiger partial charge in [0.15, 0.2) is 0 Å². The molecule has 0 spiro atoms. The maximum atomic E-state index is 11.5. The molecule has 2 aromatic rings. The number of rotatable bonds is 4. The first-order valence-electron chi connectivity index (χ1n) is 6.09. The molecule has 0 fully saturated rings. The van der Waals surface area contributed by atoms with E-state index in [1.165, 1.54) is 6.07 Å². The molecule has 0 atom stereocenters. The number of hydrogen-bond acceptors (Lipinski definition) is 5. The lowest BCUT2D eigenvalue weighted by Crippen LogP contribution is -2.19. The van der Waals surface area contributed by atoms with Crippen LogP contribution in [0.25, 0.3) is 0 Å². The van der Waals surface area contributed by atoms with Gasteiger partial charge in [-0.3, -0.25) is 14.9 Å². The summed E-state index contributed by atoms with van der Waals surface area (Å²) in [5.74, 6) is -1.44. The number of amides is 2. The highest BCUT2D eigenvalue weighted by atomic mass is 16.4. The Hall–Kier alpha value is -3.09. The van der Waals surface area contributed by atoms with Crippen LogP contribution in [0.15, 0.2) is 34.9 Å². The van der Waals surface area contributed by atoms with Gasteiger partial charge in [-0.05, 0) is 24.3 Å². The first-order chi connectivity index (χ1) is 10.0. The number of furan rings is 1. The number of carbonyl (C=O) groups is 3. The lowest BCUT2D eigenvalue weighted by molar-refractivity contribution is 0.0695. The van der Waals surface area contributed by atoms with Crippen molar-refractivity contribution < 1.29 is 23.9 Å². The minimum Gasteiger partial charge on any atom is -0.478 e. The van der Waals surface area contributed by atoms with Gasteiger partial charge in [-0.2, -0.15) is 0 Å². The lowest BCUT2D eigenvalue weighted by Gasteiger charge is -2.05. The summed E-state index contributed by atoms with van der Waals surface area (Å²) in [4.78, 5) is 33.7. The van der Waals surface area contributed by atoms with Gasteiger partial charge in [0.2, 0.25) is 0 Å². The molecule has 0 saturated heterocycles. The highest BCUT2D eigenvalue weighted by Crippen LogP contribution is 2.21. The molecule has 0 radical (unpaired) electrons. The first-order valence-corrected chi connectivity index (χ1v) is 6.09. The van der Waals surface area contributed by atoms with Crippen LogP contribution in [0.4, 0.5) is 5.69 Å². The minimum atomic E-state index is -1.06. The molecule has 21 heavy (non-hydrogen) atoms. The summed E-state index contributed by atoms with van der Waals surface area (Å²) in [5.41, 5.74) is 1.37. The fraction of sp³-hybridized carbons (Fsp3) is 0.0714. The van der Waals surface area contributed by atoms with Crippen LogP contribution in [0.1, 0.15) is 36.8 Å². The van der Waals surface area contributed by atoms with Crippen LogP contribution in [-0.4, -0.2) is 22.9 Å². The molecule has 0 aliphatic carbocycles. The van der Waals surface area contributed by atoms with Gasteiger partial charge < -0.3 is 14.8 Å². The summed E-state index contributed by atoms with van der Waals surface area (Å²) in [6, 6.07) is 6.20. The molecular formula is C14H10N2O5. The standard InChI is InChI=1S/C14H10N2O5/c17-12-10-2-1-8(4-11(10)13(18)16-12)15-5-9-3-7(6-21-9)14(19)20/h1-4,6,15H,5H2,(H,19,20)(H,16,17,18). The van der Waals surface area contributed by atoms with Crippen molar-refractivity contribution in [1.82, 2.24) is 5.32 Å². The van der Waals surface area contributed by atoms with Crippen molar-refractivity contribution >= 4 is 23.5 Å². The third-order valence-corrected chi connectivity index (χ3v) is 3.10. The van der Waals surface area contributed by atoms with E-state index in [1.54, 1.807) is 18.2 Å². The number of fused-ring (bicyclic) bond motifs is 1. The Morgan fingerprint density at radius 1 is 1.19 bits per heavy atom. The Labute approximate surface area is 118 Å².